The van der Waals surface area contributed by atoms with Gasteiger partial charge in [-0.25, -0.2) is 0 Å². The molecule has 1 aliphatic carbocycles. The first kappa shape index (κ1) is 11.4. The van der Waals surface area contributed by atoms with Gasteiger partial charge in [0.25, 0.3) is 0 Å². The van der Waals surface area contributed by atoms with E-state index in [4.69, 9.17) is 5.73 Å². The minimum Gasteiger partial charge on any atom is -0.369 e. The van der Waals surface area contributed by atoms with Crippen LogP contribution in [0.15, 0.2) is 0 Å². The Balaban J connectivity index is 2.12. The normalized spacial score (nSPS) is 27.5. The van der Waals surface area contributed by atoms with Crippen LogP contribution in [0.25, 0.3) is 0 Å². The number of amides is 1. The fraction of sp³-hybridized carbons (Fsp3) is 0.900. The molecular weight excluding hydrogens is 183 g/mol. The third-order valence-corrected chi connectivity index (χ3v) is 2.87. The molecule has 1 rings (SSSR count). The molecule has 0 atom stereocenters. The third-order valence-electron chi connectivity index (χ3n) is 2.87. The highest BCUT2D eigenvalue weighted by molar-refractivity contribution is 5.76. The van der Waals surface area contributed by atoms with Gasteiger partial charge in [-0.2, -0.15) is 0 Å². The Bertz CT molecular complexity index is 179. The summed E-state index contributed by atoms with van der Waals surface area (Å²) in [7, 11) is 0. The Kier molecular flexibility index (Phi) is 4.87. The summed E-state index contributed by atoms with van der Waals surface area (Å²) in [6.45, 7) is 0.478. The van der Waals surface area contributed by atoms with Crippen LogP contribution in [0.3, 0.4) is 0 Å². The van der Waals surface area contributed by atoms with E-state index in [-0.39, 0.29) is 18.5 Å². The maximum absolute atomic E-state index is 11.8. The van der Waals surface area contributed by atoms with Gasteiger partial charge in [0.05, 0.1) is 6.67 Å². The fourth-order valence-corrected chi connectivity index (χ4v) is 1.96. The number of hydrogen-bond donors (Lipinski definition) is 2. The average Bonchev–Trinajstić information content (AvgIpc) is 2.19. The van der Waals surface area contributed by atoms with Gasteiger partial charge in [0, 0.05) is 12.0 Å². The van der Waals surface area contributed by atoms with Crippen molar-refractivity contribution >= 4 is 5.91 Å². The predicted octanol–water partition coefficient (Wildman–Crippen LogP) is 0.980. The van der Waals surface area contributed by atoms with Gasteiger partial charge in [0.1, 0.15) is 0 Å². The molecule has 82 valence electrons. The van der Waals surface area contributed by atoms with Crippen molar-refractivity contribution in [2.45, 2.75) is 38.1 Å². The van der Waals surface area contributed by atoms with Gasteiger partial charge in [-0.3, -0.25) is 9.18 Å². The summed E-state index contributed by atoms with van der Waals surface area (Å²) in [5.74, 6) is -0.110. The highest BCUT2D eigenvalue weighted by atomic mass is 19.1. The molecule has 0 unspecified atom stereocenters. The number of halogens is 1. The van der Waals surface area contributed by atoms with Crippen molar-refractivity contribution in [3.05, 3.63) is 0 Å². The molecule has 1 saturated carbocycles. The van der Waals surface area contributed by atoms with Gasteiger partial charge in [-0.05, 0) is 38.6 Å². The maximum Gasteiger partial charge on any atom is 0.220 e. The van der Waals surface area contributed by atoms with Crippen LogP contribution in [0.5, 0.6) is 0 Å². The van der Waals surface area contributed by atoms with Gasteiger partial charge in [-0.15, -0.1) is 0 Å². The second-order valence-electron chi connectivity index (χ2n) is 3.95. The minimum absolute atomic E-state index is 0.0641. The van der Waals surface area contributed by atoms with E-state index in [0.29, 0.717) is 12.5 Å². The quantitative estimate of drug-likeness (QED) is 0.653. The molecular formula is C10H19FN2O. The zero-order valence-electron chi connectivity index (χ0n) is 8.47. The second kappa shape index (κ2) is 5.96. The smallest absolute Gasteiger partial charge is 0.220 e. The molecule has 0 aromatic heterocycles. The topological polar surface area (TPSA) is 55.1 Å². The molecule has 1 fully saturated rings. The van der Waals surface area contributed by atoms with Gasteiger partial charge in [0.2, 0.25) is 5.91 Å². The molecule has 1 amide bonds. The number of carbonyl (C=O) groups is 1. The summed E-state index contributed by atoms with van der Waals surface area (Å²) in [6.07, 6.45) is 4.31. The molecule has 0 saturated heterocycles. The predicted molar refractivity (Wildman–Crippen MR) is 53.5 cm³/mol. The van der Waals surface area contributed by atoms with Crippen molar-refractivity contribution in [3.63, 3.8) is 0 Å². The molecule has 0 spiro atoms. The fourth-order valence-electron chi connectivity index (χ4n) is 1.96. The zero-order valence-corrected chi connectivity index (χ0v) is 8.47. The summed E-state index contributed by atoms with van der Waals surface area (Å²) in [4.78, 5) is 10.9. The van der Waals surface area contributed by atoms with Crippen LogP contribution >= 0.6 is 0 Å². The second-order valence-corrected chi connectivity index (χ2v) is 3.95. The van der Waals surface area contributed by atoms with Crippen molar-refractivity contribution in [3.8, 4) is 0 Å². The molecule has 3 N–H and O–H groups in total. The Hall–Kier alpha value is -0.640. The van der Waals surface area contributed by atoms with Gasteiger partial charge >= 0.3 is 0 Å². The van der Waals surface area contributed by atoms with Crippen LogP contribution in [0, 0.1) is 5.92 Å². The van der Waals surface area contributed by atoms with Crippen LogP contribution in [-0.2, 0) is 4.79 Å². The van der Waals surface area contributed by atoms with Crippen molar-refractivity contribution in [1.82, 2.24) is 5.32 Å². The van der Waals surface area contributed by atoms with Crippen molar-refractivity contribution < 1.29 is 9.18 Å². The number of primary amides is 1. The third kappa shape index (κ3) is 3.62. The van der Waals surface area contributed by atoms with Crippen LogP contribution in [-0.4, -0.2) is 25.2 Å². The summed E-state index contributed by atoms with van der Waals surface area (Å²) in [6, 6.07) is 0.456. The maximum atomic E-state index is 11.8. The van der Waals surface area contributed by atoms with E-state index in [1.807, 2.05) is 0 Å². The molecule has 0 heterocycles. The van der Waals surface area contributed by atoms with Crippen molar-refractivity contribution in [2.75, 3.05) is 13.2 Å². The molecule has 4 heteroatoms. The van der Waals surface area contributed by atoms with Crippen LogP contribution in [0.2, 0.25) is 0 Å². The highest BCUT2D eigenvalue weighted by Gasteiger charge is 2.23. The van der Waals surface area contributed by atoms with E-state index in [1.165, 1.54) is 0 Å². The molecule has 1 aliphatic rings. The zero-order chi connectivity index (χ0) is 10.4. The Labute approximate surface area is 84.2 Å². The summed E-state index contributed by atoms with van der Waals surface area (Å²) < 4.78 is 11.8. The number of carbonyl (C=O) groups excluding carboxylic acids is 1. The molecule has 0 aromatic rings. The number of hydrogen-bond acceptors (Lipinski definition) is 2. The lowest BCUT2D eigenvalue weighted by Gasteiger charge is -2.27. The van der Waals surface area contributed by atoms with Crippen LogP contribution < -0.4 is 11.1 Å². The number of nitrogens with one attached hydrogen (secondary N) is 1. The van der Waals surface area contributed by atoms with Gasteiger partial charge in [0.15, 0.2) is 0 Å². The van der Waals surface area contributed by atoms with Crippen molar-refractivity contribution in [1.29, 1.82) is 0 Å². The SMILES string of the molecule is NC(=O)C1CCC(NCCCF)CC1. The molecule has 0 aromatic carbocycles. The van der Waals surface area contributed by atoms with E-state index in [9.17, 15) is 9.18 Å². The first-order valence-electron chi connectivity index (χ1n) is 5.32. The summed E-state index contributed by atoms with van der Waals surface area (Å²) in [5, 5.41) is 3.29. The van der Waals surface area contributed by atoms with E-state index in [0.717, 1.165) is 32.2 Å². The first-order valence-corrected chi connectivity index (χ1v) is 5.32. The van der Waals surface area contributed by atoms with Crippen LogP contribution in [0.1, 0.15) is 32.1 Å². The Morgan fingerprint density at radius 1 is 1.36 bits per heavy atom. The lowest BCUT2D eigenvalue weighted by molar-refractivity contribution is -0.122. The average molecular weight is 202 g/mol. The lowest BCUT2D eigenvalue weighted by Crippen LogP contribution is -2.37. The number of alkyl halides is 1. The van der Waals surface area contributed by atoms with E-state index < -0.39 is 0 Å². The van der Waals surface area contributed by atoms with Gasteiger partial charge in [-0.1, -0.05) is 0 Å². The summed E-state index contributed by atoms with van der Waals surface area (Å²) >= 11 is 0. The van der Waals surface area contributed by atoms with E-state index in [2.05, 4.69) is 5.32 Å². The summed E-state index contributed by atoms with van der Waals surface area (Å²) in [5.41, 5.74) is 5.23. The molecule has 0 radical (unpaired) electrons. The van der Waals surface area contributed by atoms with E-state index >= 15 is 0 Å². The molecule has 14 heavy (non-hydrogen) atoms. The van der Waals surface area contributed by atoms with Gasteiger partial charge < -0.3 is 11.1 Å². The lowest BCUT2D eigenvalue weighted by atomic mass is 9.85. The number of rotatable bonds is 5. The molecule has 0 bridgehead atoms. The Morgan fingerprint density at radius 2 is 2.00 bits per heavy atom. The Morgan fingerprint density at radius 3 is 2.50 bits per heavy atom. The molecule has 0 aliphatic heterocycles. The van der Waals surface area contributed by atoms with Crippen LogP contribution in [0.4, 0.5) is 4.39 Å². The first-order chi connectivity index (χ1) is 6.74. The standard InChI is InChI=1S/C10H19FN2O/c11-6-1-7-13-9-4-2-8(3-5-9)10(12)14/h8-9,13H,1-7H2,(H2,12,14). The minimum atomic E-state index is -0.260. The monoisotopic (exact) mass is 202 g/mol. The largest absolute Gasteiger partial charge is 0.369 e. The molecule has 3 nitrogen and oxygen atoms in total. The van der Waals surface area contributed by atoms with E-state index in [1.54, 1.807) is 0 Å². The number of nitrogens with two attached hydrogens (primary N) is 1. The highest BCUT2D eigenvalue weighted by Crippen LogP contribution is 2.23. The van der Waals surface area contributed by atoms with Crippen molar-refractivity contribution in [2.24, 2.45) is 11.7 Å².